The van der Waals surface area contributed by atoms with E-state index in [0.29, 0.717) is 34.8 Å². The third-order valence-corrected chi connectivity index (χ3v) is 4.14. The lowest BCUT2D eigenvalue weighted by Crippen LogP contribution is -2.39. The van der Waals surface area contributed by atoms with Crippen LogP contribution < -0.4 is 9.47 Å². The Bertz CT molecular complexity index is 675. The summed E-state index contributed by atoms with van der Waals surface area (Å²) >= 11 is 0. The molecule has 0 saturated carbocycles. The van der Waals surface area contributed by atoms with Crippen molar-refractivity contribution in [1.29, 1.82) is 0 Å². The molecule has 0 aliphatic carbocycles. The highest BCUT2D eigenvalue weighted by Crippen LogP contribution is 2.37. The molecule has 1 aliphatic heterocycles. The molecule has 2 rings (SSSR count). The van der Waals surface area contributed by atoms with Crippen LogP contribution in [0.1, 0.15) is 29.8 Å². The molecule has 138 valence electrons. The lowest BCUT2D eigenvalue weighted by atomic mass is 10.0. The van der Waals surface area contributed by atoms with E-state index < -0.39 is 20.1 Å². The van der Waals surface area contributed by atoms with Crippen molar-refractivity contribution in [1.82, 2.24) is 0 Å². The molecule has 0 atom stereocenters. The van der Waals surface area contributed by atoms with Crippen LogP contribution in [0.2, 0.25) is 19.6 Å². The minimum absolute atomic E-state index is 0.0957. The quantitative estimate of drug-likeness (QED) is 0.316. The molecule has 1 aliphatic rings. The lowest BCUT2D eigenvalue weighted by molar-refractivity contribution is -0.127. The predicted molar refractivity (Wildman–Crippen MR) is 96.3 cm³/mol. The van der Waals surface area contributed by atoms with Crippen LogP contribution in [0.3, 0.4) is 0 Å². The molecule has 7 heteroatoms. The van der Waals surface area contributed by atoms with Crippen LogP contribution in [0.15, 0.2) is 24.5 Å². The van der Waals surface area contributed by atoms with Crippen LogP contribution in [0, 0.1) is 0 Å². The lowest BCUT2D eigenvalue weighted by Gasteiger charge is -2.33. The van der Waals surface area contributed by atoms with E-state index >= 15 is 0 Å². The van der Waals surface area contributed by atoms with E-state index in [1.54, 1.807) is 33.1 Å². The van der Waals surface area contributed by atoms with Gasteiger partial charge in [-0.3, -0.25) is 0 Å². The van der Waals surface area contributed by atoms with Gasteiger partial charge in [-0.15, -0.1) is 0 Å². The molecule has 0 bridgehead atoms. The Labute approximate surface area is 149 Å². The van der Waals surface area contributed by atoms with Crippen molar-refractivity contribution in [2.45, 2.75) is 45.7 Å². The Hall–Kier alpha value is -1.99. The van der Waals surface area contributed by atoms with Crippen LogP contribution in [-0.4, -0.2) is 34.0 Å². The van der Waals surface area contributed by atoms with Crippen LogP contribution in [0.25, 0.3) is 0 Å². The summed E-state index contributed by atoms with van der Waals surface area (Å²) in [7, 11) is -0.241. The minimum Gasteiger partial charge on any atom is -0.548 e. The van der Waals surface area contributed by atoms with Crippen molar-refractivity contribution in [3.63, 3.8) is 0 Å². The number of esters is 1. The number of hydrogen-bond acceptors (Lipinski definition) is 6. The fraction of sp³-hybridized carbons (Fsp3) is 0.500. The number of allylic oxidation sites excluding steroid dienone is 1. The number of fused-ring (bicyclic) bond motifs is 1. The normalized spacial score (nSPS) is 15.7. The van der Waals surface area contributed by atoms with Gasteiger partial charge >= 0.3 is 5.97 Å². The van der Waals surface area contributed by atoms with Crippen LogP contribution in [0.4, 0.5) is 0 Å². The molecule has 1 aromatic carbocycles. The Morgan fingerprint density at radius 2 is 1.92 bits per heavy atom. The van der Waals surface area contributed by atoms with Gasteiger partial charge in [0.25, 0.3) is 0 Å². The van der Waals surface area contributed by atoms with E-state index in [9.17, 15) is 4.79 Å². The minimum atomic E-state index is -1.78. The Morgan fingerprint density at radius 1 is 1.24 bits per heavy atom. The summed E-state index contributed by atoms with van der Waals surface area (Å²) in [6.07, 6.45) is 0.371. The molecule has 1 heterocycles. The smallest absolute Gasteiger partial charge is 0.345 e. The van der Waals surface area contributed by atoms with Crippen LogP contribution >= 0.6 is 0 Å². The first-order valence-electron chi connectivity index (χ1n) is 8.08. The summed E-state index contributed by atoms with van der Waals surface area (Å²) in [5.74, 6) is 0.100. The third kappa shape index (κ3) is 5.24. The maximum atomic E-state index is 12.5. The van der Waals surface area contributed by atoms with Crippen LogP contribution in [0.5, 0.6) is 11.5 Å². The summed E-state index contributed by atoms with van der Waals surface area (Å²) in [4.78, 5) is 12.5. The van der Waals surface area contributed by atoms with Crippen molar-refractivity contribution >= 4 is 14.3 Å². The zero-order valence-corrected chi connectivity index (χ0v) is 16.7. The van der Waals surface area contributed by atoms with Gasteiger partial charge in [-0.05, 0) is 31.3 Å². The van der Waals surface area contributed by atoms with Crippen molar-refractivity contribution in [2.24, 2.45) is 0 Å². The number of carbonyl (C=O) groups is 1. The largest absolute Gasteiger partial charge is 0.548 e. The zero-order chi connectivity index (χ0) is 18.8. The van der Waals surface area contributed by atoms with Gasteiger partial charge in [0.15, 0.2) is 6.79 Å². The third-order valence-electron chi connectivity index (χ3n) is 3.24. The predicted octanol–water partition coefficient (Wildman–Crippen LogP) is 3.86. The molecular formula is C18H26O6Si. The van der Waals surface area contributed by atoms with Gasteiger partial charge < -0.3 is 23.4 Å². The number of rotatable bonds is 7. The number of benzene rings is 1. The molecule has 6 nitrogen and oxygen atoms in total. The van der Waals surface area contributed by atoms with Crippen molar-refractivity contribution in [2.75, 3.05) is 13.9 Å². The Kier molecular flexibility index (Phi) is 5.48. The maximum Gasteiger partial charge on any atom is 0.345 e. The molecule has 0 amide bonds. The van der Waals surface area contributed by atoms with Crippen LogP contribution in [-0.2, 0) is 20.3 Å². The summed E-state index contributed by atoms with van der Waals surface area (Å²) in [6.45, 7) is 13.7. The highest BCUT2D eigenvalue weighted by atomic mass is 28.4. The fourth-order valence-electron chi connectivity index (χ4n) is 2.55. The second-order valence-electron chi connectivity index (χ2n) is 7.33. The van der Waals surface area contributed by atoms with Crippen molar-refractivity contribution in [3.8, 4) is 11.5 Å². The van der Waals surface area contributed by atoms with E-state index in [4.69, 9.17) is 23.4 Å². The van der Waals surface area contributed by atoms with Gasteiger partial charge in [-0.2, -0.15) is 0 Å². The Balaban J connectivity index is 2.39. The molecule has 0 N–H and O–H groups in total. The number of methoxy groups -OCH3 is 1. The summed E-state index contributed by atoms with van der Waals surface area (Å²) < 4.78 is 27.6. The standard InChI is InChI=1S/C18H26O6Si/c1-12(24-25(5,6)7)8-13-9-14(21-11-20-4)10-15-16(13)17(19)23-18(2,3)22-15/h9-10H,1,8,11H2,2-7H3. The first-order valence-corrected chi connectivity index (χ1v) is 11.5. The molecule has 0 unspecified atom stereocenters. The molecule has 0 fully saturated rings. The summed E-state index contributed by atoms with van der Waals surface area (Å²) in [5.41, 5.74) is 1.07. The molecule has 0 spiro atoms. The van der Waals surface area contributed by atoms with E-state index in [1.807, 2.05) is 0 Å². The Morgan fingerprint density at radius 3 is 2.52 bits per heavy atom. The average Bonchev–Trinajstić information content (AvgIpc) is 2.40. The first-order chi connectivity index (χ1) is 11.5. The van der Waals surface area contributed by atoms with E-state index in [-0.39, 0.29) is 6.79 Å². The molecule has 0 radical (unpaired) electrons. The number of hydrogen-bond donors (Lipinski definition) is 0. The summed E-state index contributed by atoms with van der Waals surface area (Å²) in [5, 5.41) is 0. The van der Waals surface area contributed by atoms with Crippen molar-refractivity contribution in [3.05, 3.63) is 35.6 Å². The second kappa shape index (κ2) is 7.09. The molecule has 1 aromatic rings. The van der Waals surface area contributed by atoms with E-state index in [1.165, 1.54) is 0 Å². The van der Waals surface area contributed by atoms with Gasteiger partial charge in [0.05, 0.1) is 5.76 Å². The van der Waals surface area contributed by atoms with Gasteiger partial charge in [-0.25, -0.2) is 4.79 Å². The van der Waals surface area contributed by atoms with Gasteiger partial charge in [0.2, 0.25) is 14.1 Å². The van der Waals surface area contributed by atoms with E-state index in [0.717, 1.165) is 0 Å². The maximum absolute atomic E-state index is 12.5. The first kappa shape index (κ1) is 19.3. The fourth-order valence-corrected chi connectivity index (χ4v) is 3.49. The topological polar surface area (TPSA) is 63.2 Å². The monoisotopic (exact) mass is 366 g/mol. The SMILES string of the molecule is C=C(Cc1cc(OCOC)cc2c1C(=O)OC(C)(C)O2)O[Si](C)(C)C. The van der Waals surface area contributed by atoms with Crippen molar-refractivity contribution < 1.29 is 28.2 Å². The highest BCUT2D eigenvalue weighted by molar-refractivity contribution is 6.70. The number of cyclic esters (lactones) is 1. The number of ether oxygens (including phenoxy) is 4. The zero-order valence-electron chi connectivity index (χ0n) is 15.7. The number of carbonyl (C=O) groups excluding carboxylic acids is 1. The molecular weight excluding hydrogens is 340 g/mol. The van der Waals surface area contributed by atoms with Gasteiger partial charge in [-0.1, -0.05) is 6.58 Å². The molecule has 0 aromatic heterocycles. The van der Waals surface area contributed by atoms with E-state index in [2.05, 4.69) is 26.2 Å². The summed E-state index contributed by atoms with van der Waals surface area (Å²) in [6, 6.07) is 3.43. The van der Waals surface area contributed by atoms with Gasteiger partial charge in [0, 0.05) is 33.4 Å². The second-order valence-corrected chi connectivity index (χ2v) is 11.8. The highest BCUT2D eigenvalue weighted by Gasteiger charge is 2.36. The average molecular weight is 366 g/mol. The molecule has 25 heavy (non-hydrogen) atoms. The van der Waals surface area contributed by atoms with Gasteiger partial charge in [0.1, 0.15) is 17.1 Å². The molecule has 0 saturated heterocycles.